The van der Waals surface area contributed by atoms with Gasteiger partial charge in [0.1, 0.15) is 11.0 Å². The Kier molecular flexibility index (Phi) is 21.2. The van der Waals surface area contributed by atoms with Gasteiger partial charge in [0, 0.05) is 56.2 Å². The second kappa shape index (κ2) is 26.9. The van der Waals surface area contributed by atoms with Gasteiger partial charge in [0.25, 0.3) is 11.9 Å². The summed E-state index contributed by atoms with van der Waals surface area (Å²) < 4.78 is 240. The van der Waals surface area contributed by atoms with Crippen LogP contribution in [-0.4, -0.2) is 63.5 Å². The number of nitrogens with two attached hydrogens (primary N) is 1. The number of aromatic nitrogens is 10. The van der Waals surface area contributed by atoms with Crippen LogP contribution in [0.2, 0.25) is 5.15 Å². The predicted molar refractivity (Wildman–Crippen MR) is 264 cm³/mol. The summed E-state index contributed by atoms with van der Waals surface area (Å²) in [6, 6.07) is 3.53. The average molecular weight is 1230 g/mol. The third kappa shape index (κ3) is 19.4. The van der Waals surface area contributed by atoms with Gasteiger partial charge in [-0.3, -0.25) is 0 Å². The van der Waals surface area contributed by atoms with Crippen molar-refractivity contribution in [1.29, 1.82) is 0 Å². The van der Waals surface area contributed by atoms with E-state index in [1.165, 1.54) is 46.2 Å². The van der Waals surface area contributed by atoms with E-state index in [0.29, 0.717) is 49.3 Å². The number of nitrogens with one attached hydrogen (secondary N) is 1. The molecule has 8 rings (SSSR count). The topological polar surface area (TPSA) is 158 Å². The molecular weight excluding hydrogens is 1170 g/mol. The SMILES string of the molecule is Cn1nnc(N(Cc2cc(C(F)(F)F)cc(C(F)(F)F)c2)Cc2cc(C(F)(F)F)cnc2Cl)n1.Cn1nnc(N(Cc2cc(C(F)(F)F)cc(C(F)(F)F)c2)Cc2cc(C(F)(F)F)cnc2NCC2CCCCC2)n1.NCC1CCCCC1. The van der Waals surface area contributed by atoms with Gasteiger partial charge in [-0.2, -0.15) is 88.6 Å². The molecule has 4 heterocycles. The smallest absolute Gasteiger partial charge is 0.370 e. The zero-order chi connectivity index (χ0) is 61.3. The molecule has 456 valence electrons. The molecule has 0 atom stereocenters. The Hall–Kier alpha value is -6.73. The summed E-state index contributed by atoms with van der Waals surface area (Å²) in [6.07, 6.45) is -16.6. The molecule has 0 aliphatic heterocycles. The first-order chi connectivity index (χ1) is 38.6. The molecule has 4 aromatic heterocycles. The monoisotopic (exact) mass is 1230 g/mol. The molecule has 0 radical (unpaired) electrons. The fourth-order valence-electron chi connectivity index (χ4n) is 9.03. The molecule has 0 spiro atoms. The number of anilines is 3. The first kappa shape index (κ1) is 65.4. The average Bonchev–Trinajstić information content (AvgIpc) is 4.21. The van der Waals surface area contributed by atoms with Crippen LogP contribution in [0.25, 0.3) is 0 Å². The highest BCUT2D eigenvalue weighted by Crippen LogP contribution is 2.40. The van der Waals surface area contributed by atoms with E-state index in [4.69, 9.17) is 17.3 Å². The third-order valence-corrected chi connectivity index (χ3v) is 13.5. The quantitative estimate of drug-likeness (QED) is 0.0787. The van der Waals surface area contributed by atoms with Crippen molar-refractivity contribution >= 4 is 29.3 Å². The number of tetrazole rings is 2. The van der Waals surface area contributed by atoms with Gasteiger partial charge in [-0.15, -0.1) is 10.2 Å². The number of aryl methyl sites for hydroxylation is 2. The van der Waals surface area contributed by atoms with Gasteiger partial charge in [0.2, 0.25) is 0 Å². The fourth-order valence-corrected chi connectivity index (χ4v) is 9.19. The van der Waals surface area contributed by atoms with Crippen LogP contribution in [0.3, 0.4) is 0 Å². The Morgan fingerprint density at radius 1 is 0.482 bits per heavy atom. The predicted octanol–water partition coefficient (Wildman–Crippen LogP) is 13.9. The normalized spacial score (nSPS) is 15.1. The van der Waals surface area contributed by atoms with Crippen LogP contribution in [0, 0.1) is 11.8 Å². The highest BCUT2D eigenvalue weighted by atomic mass is 35.5. The van der Waals surface area contributed by atoms with E-state index in [1.807, 2.05) is 0 Å². The highest BCUT2D eigenvalue weighted by molar-refractivity contribution is 6.30. The molecule has 2 aromatic carbocycles. The van der Waals surface area contributed by atoms with Crippen molar-refractivity contribution in [1.82, 2.24) is 50.4 Å². The van der Waals surface area contributed by atoms with E-state index in [0.717, 1.165) is 70.0 Å². The first-order valence-corrected chi connectivity index (χ1v) is 25.7. The van der Waals surface area contributed by atoms with Crippen molar-refractivity contribution < 1.29 is 79.0 Å². The van der Waals surface area contributed by atoms with E-state index in [2.05, 4.69) is 46.1 Å². The minimum atomic E-state index is -5.08. The van der Waals surface area contributed by atoms with E-state index < -0.39 is 108 Å². The zero-order valence-electron chi connectivity index (χ0n) is 43.9. The summed E-state index contributed by atoms with van der Waals surface area (Å²) in [4.78, 5) is 11.5. The van der Waals surface area contributed by atoms with Crippen LogP contribution in [-0.2, 0) is 77.3 Å². The van der Waals surface area contributed by atoms with Crippen LogP contribution in [0.15, 0.2) is 60.9 Å². The number of halogens is 19. The Balaban J connectivity index is 0.000000237. The number of hydrogen-bond acceptors (Lipinski definition) is 12. The van der Waals surface area contributed by atoms with Gasteiger partial charge in [-0.1, -0.05) is 60.3 Å². The van der Waals surface area contributed by atoms with Crippen molar-refractivity contribution in [3.63, 3.8) is 0 Å². The molecule has 0 amide bonds. The molecule has 0 bridgehead atoms. The summed E-state index contributed by atoms with van der Waals surface area (Å²) in [5, 5.41) is 25.2. The number of alkyl halides is 18. The van der Waals surface area contributed by atoms with Gasteiger partial charge in [0.15, 0.2) is 0 Å². The minimum absolute atomic E-state index is 0.00156. The lowest BCUT2D eigenvalue weighted by atomic mass is 9.89. The van der Waals surface area contributed by atoms with Crippen LogP contribution >= 0.6 is 11.6 Å². The van der Waals surface area contributed by atoms with Crippen molar-refractivity contribution in [2.45, 2.75) is 127 Å². The number of benzene rings is 2. The largest absolute Gasteiger partial charge is 0.417 e. The molecular formula is C50H53ClF18N14. The molecule has 2 aliphatic carbocycles. The number of nitrogens with zero attached hydrogens (tertiary/aromatic N) is 12. The molecule has 0 saturated heterocycles. The first-order valence-electron chi connectivity index (χ1n) is 25.3. The van der Waals surface area contributed by atoms with Gasteiger partial charge < -0.3 is 20.9 Å². The van der Waals surface area contributed by atoms with Crippen molar-refractivity contribution in [2.75, 3.05) is 28.2 Å². The lowest BCUT2D eigenvalue weighted by Gasteiger charge is -2.25. The van der Waals surface area contributed by atoms with Crippen molar-refractivity contribution in [3.05, 3.63) is 122 Å². The molecule has 6 aromatic rings. The lowest BCUT2D eigenvalue weighted by molar-refractivity contribution is -0.144. The maximum atomic E-state index is 13.6. The summed E-state index contributed by atoms with van der Waals surface area (Å²) in [7, 11) is 2.71. The Morgan fingerprint density at radius 2 is 0.843 bits per heavy atom. The van der Waals surface area contributed by atoms with Crippen LogP contribution < -0.4 is 20.9 Å². The Morgan fingerprint density at radius 3 is 1.19 bits per heavy atom. The molecule has 2 saturated carbocycles. The van der Waals surface area contributed by atoms with E-state index in [9.17, 15) is 79.0 Å². The second-order valence-corrected chi connectivity index (χ2v) is 20.1. The highest BCUT2D eigenvalue weighted by Gasteiger charge is 2.40. The summed E-state index contributed by atoms with van der Waals surface area (Å²) in [6.45, 7) is -0.841. The molecule has 2 aliphatic rings. The van der Waals surface area contributed by atoms with Crippen molar-refractivity contribution in [2.24, 2.45) is 31.7 Å². The van der Waals surface area contributed by atoms with Crippen LogP contribution in [0.4, 0.5) is 96.7 Å². The summed E-state index contributed by atoms with van der Waals surface area (Å²) >= 11 is 5.89. The third-order valence-electron chi connectivity index (χ3n) is 13.2. The second-order valence-electron chi connectivity index (χ2n) is 19.7. The van der Waals surface area contributed by atoms with E-state index >= 15 is 0 Å². The molecule has 3 N–H and O–H groups in total. The summed E-state index contributed by atoms with van der Waals surface area (Å²) in [5.41, 5.74) is -3.94. The number of pyridine rings is 2. The van der Waals surface area contributed by atoms with Crippen LogP contribution in [0.5, 0.6) is 0 Å². The van der Waals surface area contributed by atoms with Crippen LogP contribution in [0.1, 0.15) is 120 Å². The Labute approximate surface area is 466 Å². The number of rotatable bonds is 14. The van der Waals surface area contributed by atoms with Gasteiger partial charge >= 0.3 is 37.1 Å². The molecule has 2 fully saturated rings. The van der Waals surface area contributed by atoms with Gasteiger partial charge in [0.05, 0.1) is 47.5 Å². The summed E-state index contributed by atoms with van der Waals surface area (Å²) in [5.74, 6) is 0.765. The minimum Gasteiger partial charge on any atom is -0.370 e. The fraction of sp³-hybridized carbons (Fsp3) is 0.520. The van der Waals surface area contributed by atoms with Crippen molar-refractivity contribution in [3.8, 4) is 0 Å². The van der Waals surface area contributed by atoms with Gasteiger partial charge in [-0.05, 0) is 114 Å². The maximum absolute atomic E-state index is 13.6. The molecule has 0 unspecified atom stereocenters. The zero-order valence-corrected chi connectivity index (χ0v) is 44.6. The van der Waals surface area contributed by atoms with Gasteiger partial charge in [-0.25, -0.2) is 9.97 Å². The Bertz CT molecular complexity index is 2980. The molecule has 33 heteroatoms. The standard InChI is InChI=1S/C25H26F9N7.C18H12ClF9N6.C7H15N/c1-40-38-22(37-39-40)41(13-16-7-18(23(26,27)28)10-19(8-16)24(29,30)31)14-17-9-20(25(32,33)34)12-36-21(17)35-11-15-5-3-2-4-6-15;1-33-31-15(30-32-33)34(8-10-4-13(18(26,27)28)6-29-14(10)19)7-9-2-11(16(20,21)22)5-12(3-9)17(23,24)25;8-6-7-4-2-1-3-5-7/h7-10,12,15H,2-6,11,13-14H2,1H3,(H,35,36);2-6H,7-8H2,1H3;7H,1-6,8H2. The lowest BCUT2D eigenvalue weighted by Crippen LogP contribution is -2.26. The number of hydrogen-bond donors (Lipinski definition) is 2. The van der Waals surface area contributed by atoms with E-state index in [-0.39, 0.29) is 52.0 Å². The van der Waals surface area contributed by atoms with E-state index in [1.54, 1.807) is 0 Å². The molecule has 83 heavy (non-hydrogen) atoms. The molecule has 14 nitrogen and oxygen atoms in total. The maximum Gasteiger partial charge on any atom is 0.417 e.